The van der Waals surface area contributed by atoms with Crippen molar-refractivity contribution < 1.29 is 5.11 Å². The minimum absolute atomic E-state index is 0.0607. The number of hydrogen-bond donors (Lipinski definition) is 4. The van der Waals surface area contributed by atoms with Crippen molar-refractivity contribution in [2.75, 3.05) is 18.5 Å². The summed E-state index contributed by atoms with van der Waals surface area (Å²) in [6.45, 7) is 0.230. The van der Waals surface area contributed by atoms with Crippen molar-refractivity contribution in [3.8, 4) is 0 Å². The summed E-state index contributed by atoms with van der Waals surface area (Å²) in [5.74, 6) is 0.304. The fraction of sp³-hybridized carbons (Fsp3) is 0.333. The first-order valence-electron chi connectivity index (χ1n) is 3.41. The smallest absolute Gasteiger partial charge is 0.327 e. The normalized spacial score (nSPS) is 9.75. The number of aromatic amines is 2. The highest BCUT2D eigenvalue weighted by Gasteiger charge is 1.93. The third kappa shape index (κ3) is 2.24. The van der Waals surface area contributed by atoms with E-state index >= 15 is 0 Å². The van der Waals surface area contributed by atoms with E-state index in [4.69, 9.17) is 5.11 Å². The molecule has 0 amide bonds. The van der Waals surface area contributed by atoms with Gasteiger partial charge in [-0.2, -0.15) is 0 Å². The molecule has 66 valence electrons. The Morgan fingerprint density at radius 1 is 1.42 bits per heavy atom. The van der Waals surface area contributed by atoms with Crippen LogP contribution in [0.15, 0.2) is 15.7 Å². The van der Waals surface area contributed by atoms with Crippen LogP contribution in [0.1, 0.15) is 0 Å². The van der Waals surface area contributed by atoms with Gasteiger partial charge in [-0.15, -0.1) is 0 Å². The average Bonchev–Trinajstić information content (AvgIpc) is 1.99. The molecule has 0 bridgehead atoms. The summed E-state index contributed by atoms with van der Waals surface area (Å²) in [5.41, 5.74) is -1.04. The molecule has 1 rings (SSSR count). The van der Waals surface area contributed by atoms with Gasteiger partial charge in [0.25, 0.3) is 5.56 Å². The summed E-state index contributed by atoms with van der Waals surface area (Å²) in [5, 5.41) is 11.1. The zero-order chi connectivity index (χ0) is 8.97. The molecule has 0 atom stereocenters. The van der Waals surface area contributed by atoms with Gasteiger partial charge in [0.2, 0.25) is 0 Å². The summed E-state index contributed by atoms with van der Waals surface area (Å²) in [6, 6.07) is 1.21. The molecule has 0 unspecified atom stereocenters. The first-order chi connectivity index (χ1) is 5.72. The van der Waals surface area contributed by atoms with Gasteiger partial charge in [0, 0.05) is 12.6 Å². The fourth-order valence-electron chi connectivity index (χ4n) is 0.755. The molecule has 0 saturated carbocycles. The quantitative estimate of drug-likeness (QED) is 0.443. The molecule has 0 aliphatic heterocycles. The Bertz CT molecular complexity index is 325. The van der Waals surface area contributed by atoms with Gasteiger partial charge in [-0.05, 0) is 0 Å². The standard InChI is InChI=1S/C6H9N3O3/c10-2-1-7-4-3-5(11)9-6(12)8-4/h3,10H,1-2H2,(H3,7,8,9,11,12). The van der Waals surface area contributed by atoms with E-state index in [1.165, 1.54) is 6.07 Å². The average molecular weight is 171 g/mol. The lowest BCUT2D eigenvalue weighted by atomic mass is 10.5. The molecule has 0 aliphatic rings. The van der Waals surface area contributed by atoms with Gasteiger partial charge in [0.1, 0.15) is 5.82 Å². The molecule has 0 spiro atoms. The van der Waals surface area contributed by atoms with Gasteiger partial charge in [-0.3, -0.25) is 14.8 Å². The molecule has 1 aromatic rings. The molecular weight excluding hydrogens is 162 g/mol. The SMILES string of the molecule is O=c1cc(NCCO)[nH]c(=O)[nH]1. The maximum Gasteiger partial charge on any atom is 0.327 e. The number of anilines is 1. The van der Waals surface area contributed by atoms with E-state index in [1.807, 2.05) is 4.98 Å². The molecule has 0 aliphatic carbocycles. The van der Waals surface area contributed by atoms with Crippen LogP contribution in [0.2, 0.25) is 0 Å². The number of aliphatic hydroxyl groups excluding tert-OH is 1. The summed E-state index contributed by atoms with van der Waals surface area (Å²) in [4.78, 5) is 25.7. The van der Waals surface area contributed by atoms with Gasteiger partial charge in [-0.1, -0.05) is 0 Å². The van der Waals surface area contributed by atoms with E-state index in [0.717, 1.165) is 0 Å². The molecule has 0 radical (unpaired) electrons. The predicted octanol–water partition coefficient (Wildman–Crippen LogP) is -1.53. The Morgan fingerprint density at radius 2 is 2.17 bits per heavy atom. The lowest BCUT2D eigenvalue weighted by Crippen LogP contribution is -2.23. The molecule has 1 aromatic heterocycles. The third-order valence-electron chi connectivity index (χ3n) is 1.19. The van der Waals surface area contributed by atoms with Crippen LogP contribution in [0, 0.1) is 0 Å². The van der Waals surface area contributed by atoms with E-state index in [1.54, 1.807) is 0 Å². The van der Waals surface area contributed by atoms with E-state index < -0.39 is 11.2 Å². The van der Waals surface area contributed by atoms with Gasteiger partial charge in [0.15, 0.2) is 0 Å². The highest BCUT2D eigenvalue weighted by atomic mass is 16.3. The molecule has 0 saturated heterocycles. The Balaban J connectivity index is 2.86. The van der Waals surface area contributed by atoms with Gasteiger partial charge >= 0.3 is 5.69 Å². The summed E-state index contributed by atoms with van der Waals surface area (Å²) in [7, 11) is 0. The second-order valence-electron chi connectivity index (χ2n) is 2.15. The van der Waals surface area contributed by atoms with Crippen molar-refractivity contribution in [3.63, 3.8) is 0 Å². The minimum atomic E-state index is -0.567. The highest BCUT2D eigenvalue weighted by Crippen LogP contribution is 1.89. The minimum Gasteiger partial charge on any atom is -0.395 e. The van der Waals surface area contributed by atoms with E-state index in [2.05, 4.69) is 10.3 Å². The van der Waals surface area contributed by atoms with Crippen molar-refractivity contribution in [1.82, 2.24) is 9.97 Å². The number of nitrogens with one attached hydrogen (secondary N) is 3. The maximum atomic E-state index is 10.7. The number of hydrogen-bond acceptors (Lipinski definition) is 4. The lowest BCUT2D eigenvalue weighted by molar-refractivity contribution is 0.311. The van der Waals surface area contributed by atoms with Crippen LogP contribution in [0.5, 0.6) is 0 Å². The zero-order valence-electron chi connectivity index (χ0n) is 6.26. The molecule has 6 heteroatoms. The second kappa shape index (κ2) is 3.72. The molecule has 12 heavy (non-hydrogen) atoms. The predicted molar refractivity (Wildman–Crippen MR) is 43.3 cm³/mol. The maximum absolute atomic E-state index is 10.7. The highest BCUT2D eigenvalue weighted by molar-refractivity contribution is 5.31. The van der Waals surface area contributed by atoms with Crippen LogP contribution >= 0.6 is 0 Å². The number of rotatable bonds is 3. The van der Waals surface area contributed by atoms with E-state index in [9.17, 15) is 9.59 Å². The molecular formula is C6H9N3O3. The van der Waals surface area contributed by atoms with Crippen molar-refractivity contribution in [3.05, 3.63) is 26.9 Å². The Morgan fingerprint density at radius 3 is 2.75 bits per heavy atom. The van der Waals surface area contributed by atoms with Crippen LogP contribution in [0.4, 0.5) is 5.82 Å². The van der Waals surface area contributed by atoms with Crippen molar-refractivity contribution in [2.24, 2.45) is 0 Å². The Kier molecular flexibility index (Phi) is 2.65. The summed E-state index contributed by atoms with van der Waals surface area (Å²) in [6.07, 6.45) is 0. The number of aromatic nitrogens is 2. The van der Waals surface area contributed by atoms with Crippen LogP contribution in [-0.2, 0) is 0 Å². The Hall–Kier alpha value is -1.56. The van der Waals surface area contributed by atoms with E-state index in [0.29, 0.717) is 12.4 Å². The fourth-order valence-corrected chi connectivity index (χ4v) is 0.755. The lowest BCUT2D eigenvalue weighted by Gasteiger charge is -2.00. The van der Waals surface area contributed by atoms with Crippen LogP contribution in [-0.4, -0.2) is 28.2 Å². The van der Waals surface area contributed by atoms with Gasteiger partial charge < -0.3 is 10.4 Å². The Labute approximate surface area is 67.3 Å². The first kappa shape index (κ1) is 8.54. The van der Waals surface area contributed by atoms with Crippen LogP contribution in [0.3, 0.4) is 0 Å². The van der Waals surface area contributed by atoms with Crippen molar-refractivity contribution in [2.45, 2.75) is 0 Å². The number of H-pyrrole nitrogens is 2. The van der Waals surface area contributed by atoms with Gasteiger partial charge in [-0.25, -0.2) is 4.79 Å². The molecule has 4 N–H and O–H groups in total. The van der Waals surface area contributed by atoms with Crippen molar-refractivity contribution in [1.29, 1.82) is 0 Å². The van der Waals surface area contributed by atoms with Crippen LogP contribution < -0.4 is 16.6 Å². The second-order valence-corrected chi connectivity index (χ2v) is 2.15. The van der Waals surface area contributed by atoms with Gasteiger partial charge in [0.05, 0.1) is 6.61 Å². The topological polar surface area (TPSA) is 98.0 Å². The monoisotopic (exact) mass is 171 g/mol. The third-order valence-corrected chi connectivity index (χ3v) is 1.19. The molecule has 6 nitrogen and oxygen atoms in total. The summed E-state index contributed by atoms with van der Waals surface area (Å²) >= 11 is 0. The summed E-state index contributed by atoms with van der Waals surface area (Å²) < 4.78 is 0. The first-order valence-corrected chi connectivity index (χ1v) is 3.41. The van der Waals surface area contributed by atoms with E-state index in [-0.39, 0.29) is 6.61 Å². The van der Waals surface area contributed by atoms with Crippen molar-refractivity contribution >= 4 is 5.82 Å². The zero-order valence-corrected chi connectivity index (χ0v) is 6.26. The number of aliphatic hydroxyl groups is 1. The molecule has 0 aromatic carbocycles. The molecule has 1 heterocycles. The largest absolute Gasteiger partial charge is 0.395 e. The van der Waals surface area contributed by atoms with Crippen LogP contribution in [0.25, 0.3) is 0 Å². The molecule has 0 fully saturated rings.